The third-order valence-corrected chi connectivity index (χ3v) is 3.35. The van der Waals surface area contributed by atoms with E-state index in [0.717, 1.165) is 48.4 Å². The Labute approximate surface area is 113 Å². The van der Waals surface area contributed by atoms with Gasteiger partial charge >= 0.3 is 0 Å². The highest BCUT2D eigenvalue weighted by Crippen LogP contribution is 2.22. The largest absolute Gasteiger partial charge is 0.497 e. The van der Waals surface area contributed by atoms with Gasteiger partial charge in [0.05, 0.1) is 13.7 Å². The van der Waals surface area contributed by atoms with Crippen LogP contribution in [0.3, 0.4) is 0 Å². The minimum Gasteiger partial charge on any atom is -0.497 e. The number of nitrogens with zero attached hydrogens (tertiary/aromatic N) is 2. The molecule has 0 bridgehead atoms. The number of halogens is 1. The molecule has 2 rings (SSSR count). The first kappa shape index (κ1) is 13.0. The lowest BCUT2D eigenvalue weighted by Crippen LogP contribution is -2.36. The highest BCUT2D eigenvalue weighted by molar-refractivity contribution is 6.31. The second kappa shape index (κ2) is 5.96. The van der Waals surface area contributed by atoms with Gasteiger partial charge in [0.2, 0.25) is 0 Å². The van der Waals surface area contributed by atoms with E-state index in [9.17, 15) is 0 Å². The van der Waals surface area contributed by atoms with Crippen molar-refractivity contribution in [3.05, 3.63) is 28.8 Å². The van der Waals surface area contributed by atoms with Gasteiger partial charge in [-0.1, -0.05) is 17.7 Å². The summed E-state index contributed by atoms with van der Waals surface area (Å²) in [7, 11) is 3.68. The van der Waals surface area contributed by atoms with E-state index in [0.29, 0.717) is 0 Å². The summed E-state index contributed by atoms with van der Waals surface area (Å²) >= 11 is 6.18. The van der Waals surface area contributed by atoms with E-state index in [-0.39, 0.29) is 0 Å². The second-order valence-corrected chi connectivity index (χ2v) is 4.67. The van der Waals surface area contributed by atoms with Crippen LogP contribution in [0.1, 0.15) is 5.56 Å². The molecule has 18 heavy (non-hydrogen) atoms. The van der Waals surface area contributed by atoms with Crippen LogP contribution in [0.15, 0.2) is 23.2 Å². The van der Waals surface area contributed by atoms with Gasteiger partial charge in [-0.3, -0.25) is 4.99 Å². The SMILES string of the molecule is COc1ccc(CCNC2=NCCN2C)c(Cl)c1. The monoisotopic (exact) mass is 267 g/mol. The molecule has 4 nitrogen and oxygen atoms in total. The Morgan fingerprint density at radius 3 is 2.94 bits per heavy atom. The third-order valence-electron chi connectivity index (χ3n) is 3.00. The maximum atomic E-state index is 6.18. The van der Waals surface area contributed by atoms with Crippen molar-refractivity contribution in [2.75, 3.05) is 33.8 Å². The maximum Gasteiger partial charge on any atom is 0.193 e. The number of rotatable bonds is 4. The van der Waals surface area contributed by atoms with Crippen molar-refractivity contribution in [2.45, 2.75) is 6.42 Å². The number of ether oxygens (including phenoxy) is 1. The predicted octanol–water partition coefficient (Wildman–Crippen LogP) is 1.78. The first-order valence-corrected chi connectivity index (χ1v) is 6.40. The van der Waals surface area contributed by atoms with Gasteiger partial charge in [0.15, 0.2) is 5.96 Å². The molecule has 0 spiro atoms. The average Bonchev–Trinajstić information content (AvgIpc) is 2.77. The highest BCUT2D eigenvalue weighted by atomic mass is 35.5. The molecule has 0 aliphatic carbocycles. The van der Waals surface area contributed by atoms with E-state index in [1.807, 2.05) is 25.2 Å². The lowest BCUT2D eigenvalue weighted by atomic mass is 10.1. The number of guanidine groups is 1. The van der Waals surface area contributed by atoms with Crippen LogP contribution >= 0.6 is 11.6 Å². The van der Waals surface area contributed by atoms with E-state index in [4.69, 9.17) is 16.3 Å². The fourth-order valence-electron chi connectivity index (χ4n) is 1.89. The second-order valence-electron chi connectivity index (χ2n) is 4.26. The van der Waals surface area contributed by atoms with Crippen LogP contribution in [0.25, 0.3) is 0 Å². The quantitative estimate of drug-likeness (QED) is 0.904. The van der Waals surface area contributed by atoms with E-state index in [2.05, 4.69) is 15.2 Å². The molecule has 98 valence electrons. The van der Waals surface area contributed by atoms with Crippen molar-refractivity contribution in [3.8, 4) is 5.75 Å². The number of hydrogen-bond donors (Lipinski definition) is 1. The van der Waals surface area contributed by atoms with Gasteiger partial charge in [0, 0.05) is 25.2 Å². The Bertz CT molecular complexity index is 448. The van der Waals surface area contributed by atoms with Gasteiger partial charge in [-0.2, -0.15) is 0 Å². The molecule has 5 heteroatoms. The van der Waals surface area contributed by atoms with Gasteiger partial charge in [-0.05, 0) is 24.1 Å². The van der Waals surface area contributed by atoms with E-state index in [1.165, 1.54) is 0 Å². The zero-order chi connectivity index (χ0) is 13.0. The number of likely N-dealkylation sites (N-methyl/N-ethyl adjacent to an activating group) is 1. The standard InChI is InChI=1S/C13H18ClN3O/c1-17-8-7-16-13(17)15-6-5-10-3-4-11(18-2)9-12(10)14/h3-4,9H,5-8H2,1-2H3,(H,15,16). The lowest BCUT2D eigenvalue weighted by Gasteiger charge is -2.15. The molecule has 1 aliphatic heterocycles. The molecular weight excluding hydrogens is 250 g/mol. The Kier molecular flexibility index (Phi) is 4.31. The van der Waals surface area contributed by atoms with E-state index >= 15 is 0 Å². The summed E-state index contributed by atoms with van der Waals surface area (Å²) in [5.41, 5.74) is 1.12. The Morgan fingerprint density at radius 2 is 2.33 bits per heavy atom. The summed E-state index contributed by atoms with van der Waals surface area (Å²) in [6.07, 6.45) is 0.871. The third kappa shape index (κ3) is 3.07. The van der Waals surface area contributed by atoms with Crippen LogP contribution in [0.2, 0.25) is 5.02 Å². The van der Waals surface area contributed by atoms with E-state index in [1.54, 1.807) is 7.11 Å². The molecule has 1 aromatic carbocycles. The Morgan fingerprint density at radius 1 is 1.50 bits per heavy atom. The van der Waals surface area contributed by atoms with Gasteiger partial charge in [-0.25, -0.2) is 0 Å². The predicted molar refractivity (Wildman–Crippen MR) is 74.6 cm³/mol. The molecule has 0 radical (unpaired) electrons. The molecule has 1 aromatic rings. The summed E-state index contributed by atoms with van der Waals surface area (Å²) < 4.78 is 5.12. The van der Waals surface area contributed by atoms with Crippen LogP contribution in [0.5, 0.6) is 5.75 Å². The molecule has 1 aliphatic rings. The van der Waals surface area contributed by atoms with Gasteiger partial charge < -0.3 is 15.0 Å². The molecule has 0 saturated heterocycles. The summed E-state index contributed by atoms with van der Waals surface area (Å²) in [5, 5.41) is 4.07. The molecular formula is C13H18ClN3O. The van der Waals surface area contributed by atoms with Gasteiger partial charge in [-0.15, -0.1) is 0 Å². The number of aliphatic imine (C=N–C) groups is 1. The minimum atomic E-state index is 0.748. The number of hydrogen-bond acceptors (Lipinski definition) is 4. The van der Waals surface area contributed by atoms with Crippen molar-refractivity contribution >= 4 is 17.6 Å². The Balaban J connectivity index is 1.87. The Hall–Kier alpha value is -1.42. The van der Waals surface area contributed by atoms with Crippen molar-refractivity contribution in [1.29, 1.82) is 0 Å². The smallest absolute Gasteiger partial charge is 0.193 e. The molecule has 0 saturated carbocycles. The minimum absolute atomic E-state index is 0.748. The molecule has 1 N–H and O–H groups in total. The zero-order valence-electron chi connectivity index (χ0n) is 10.7. The van der Waals surface area contributed by atoms with Crippen LogP contribution < -0.4 is 10.1 Å². The first-order chi connectivity index (χ1) is 8.70. The lowest BCUT2D eigenvalue weighted by molar-refractivity contribution is 0.414. The number of nitrogens with one attached hydrogen (secondary N) is 1. The van der Waals surface area contributed by atoms with Gasteiger partial charge in [0.25, 0.3) is 0 Å². The fourth-order valence-corrected chi connectivity index (χ4v) is 2.16. The molecule has 0 amide bonds. The normalized spacial score (nSPS) is 14.6. The van der Waals surface area contributed by atoms with Crippen molar-refractivity contribution in [2.24, 2.45) is 4.99 Å². The zero-order valence-corrected chi connectivity index (χ0v) is 11.5. The number of benzene rings is 1. The molecule has 0 atom stereocenters. The fraction of sp³-hybridized carbons (Fsp3) is 0.462. The topological polar surface area (TPSA) is 36.9 Å². The molecule has 1 heterocycles. The first-order valence-electron chi connectivity index (χ1n) is 6.02. The number of methoxy groups -OCH3 is 1. The average molecular weight is 268 g/mol. The van der Waals surface area contributed by atoms with Gasteiger partial charge in [0.1, 0.15) is 5.75 Å². The summed E-state index contributed by atoms with van der Waals surface area (Å²) in [6, 6.07) is 5.78. The maximum absolute atomic E-state index is 6.18. The summed E-state index contributed by atoms with van der Waals surface area (Å²) in [4.78, 5) is 6.50. The molecule has 0 aromatic heterocycles. The van der Waals surface area contributed by atoms with Crippen molar-refractivity contribution in [3.63, 3.8) is 0 Å². The van der Waals surface area contributed by atoms with Crippen molar-refractivity contribution < 1.29 is 4.74 Å². The molecule has 0 fully saturated rings. The van der Waals surface area contributed by atoms with Crippen LogP contribution in [0.4, 0.5) is 0 Å². The summed E-state index contributed by atoms with van der Waals surface area (Å²) in [6.45, 7) is 2.70. The van der Waals surface area contributed by atoms with E-state index < -0.39 is 0 Å². The van der Waals surface area contributed by atoms with Crippen molar-refractivity contribution in [1.82, 2.24) is 10.2 Å². The highest BCUT2D eigenvalue weighted by Gasteiger charge is 2.11. The van der Waals surface area contributed by atoms with Crippen LogP contribution in [-0.2, 0) is 6.42 Å². The van der Waals surface area contributed by atoms with Crippen LogP contribution in [0, 0.1) is 0 Å². The summed E-state index contributed by atoms with van der Waals surface area (Å²) in [5.74, 6) is 1.76. The molecule has 0 unspecified atom stereocenters. The van der Waals surface area contributed by atoms with Crippen LogP contribution in [-0.4, -0.2) is 44.7 Å².